The van der Waals surface area contributed by atoms with Gasteiger partial charge in [0.2, 0.25) is 10.0 Å². The van der Waals surface area contributed by atoms with Crippen LogP contribution in [0.2, 0.25) is 0 Å². The zero-order valence-electron chi connectivity index (χ0n) is 12.4. The largest absolute Gasteiger partial charge is 0.313 e. The van der Waals surface area contributed by atoms with Crippen LogP contribution in [0.5, 0.6) is 0 Å². The Balaban J connectivity index is 2.71. The van der Waals surface area contributed by atoms with Crippen molar-refractivity contribution < 1.29 is 12.8 Å². The van der Waals surface area contributed by atoms with E-state index >= 15 is 0 Å². The fraction of sp³-hybridized carbons (Fsp3) is 0.571. The summed E-state index contributed by atoms with van der Waals surface area (Å²) < 4.78 is 39.0. The number of nitrogens with zero attached hydrogens (tertiary/aromatic N) is 1. The molecule has 0 radical (unpaired) electrons. The molecule has 1 atom stereocenters. The van der Waals surface area contributed by atoms with Gasteiger partial charge in [-0.1, -0.05) is 26.0 Å². The van der Waals surface area contributed by atoms with Gasteiger partial charge in [0.25, 0.3) is 0 Å². The van der Waals surface area contributed by atoms with Crippen LogP contribution in [0, 0.1) is 5.82 Å². The van der Waals surface area contributed by atoms with Gasteiger partial charge in [-0.25, -0.2) is 17.1 Å². The Bertz CT molecular complexity index is 532. The third-order valence-electron chi connectivity index (χ3n) is 3.05. The lowest BCUT2D eigenvalue weighted by molar-refractivity contribution is 0.449. The Morgan fingerprint density at radius 1 is 1.30 bits per heavy atom. The molecule has 0 saturated heterocycles. The first-order chi connectivity index (χ1) is 9.23. The van der Waals surface area contributed by atoms with Gasteiger partial charge in [-0.2, -0.15) is 0 Å². The summed E-state index contributed by atoms with van der Waals surface area (Å²) in [5.41, 5.74) is 0.639. The lowest BCUT2D eigenvalue weighted by Crippen LogP contribution is -2.41. The maximum absolute atomic E-state index is 13.1. The average Bonchev–Trinajstić information content (AvgIpc) is 2.35. The van der Waals surface area contributed by atoms with Crippen molar-refractivity contribution in [2.75, 3.05) is 13.6 Å². The molecule has 0 spiro atoms. The molecule has 0 aliphatic heterocycles. The number of sulfonamides is 1. The van der Waals surface area contributed by atoms with Crippen LogP contribution >= 0.6 is 0 Å². The minimum Gasteiger partial charge on any atom is -0.313 e. The van der Waals surface area contributed by atoms with Gasteiger partial charge in [0.05, 0.1) is 5.25 Å². The van der Waals surface area contributed by atoms with E-state index in [1.54, 1.807) is 19.1 Å². The molecule has 1 aromatic rings. The zero-order chi connectivity index (χ0) is 15.3. The van der Waals surface area contributed by atoms with Crippen LogP contribution in [0.3, 0.4) is 0 Å². The third-order valence-corrected chi connectivity index (χ3v) is 5.23. The molecule has 114 valence electrons. The SMILES string of the molecule is CC(C)NCC(C)S(=O)(=O)N(C)Cc1cccc(F)c1. The second kappa shape index (κ2) is 7.15. The predicted octanol–water partition coefficient (Wildman–Crippen LogP) is 1.97. The van der Waals surface area contributed by atoms with Gasteiger partial charge < -0.3 is 5.32 Å². The number of hydrogen-bond acceptors (Lipinski definition) is 3. The molecule has 0 heterocycles. The molecule has 0 aliphatic rings. The van der Waals surface area contributed by atoms with Gasteiger partial charge in [0.15, 0.2) is 0 Å². The first kappa shape index (κ1) is 17.1. The fourth-order valence-electron chi connectivity index (χ4n) is 1.80. The molecule has 1 N–H and O–H groups in total. The van der Waals surface area contributed by atoms with E-state index in [2.05, 4.69) is 5.32 Å². The lowest BCUT2D eigenvalue weighted by atomic mass is 10.2. The number of halogens is 1. The Morgan fingerprint density at radius 2 is 1.95 bits per heavy atom. The van der Waals surface area contributed by atoms with Crippen LogP contribution in [-0.4, -0.2) is 37.6 Å². The number of hydrogen-bond donors (Lipinski definition) is 1. The first-order valence-corrected chi connectivity index (χ1v) is 8.16. The molecular weight excluding hydrogens is 279 g/mol. The molecular formula is C14H23FN2O2S. The van der Waals surface area contributed by atoms with Crippen molar-refractivity contribution in [3.63, 3.8) is 0 Å². The van der Waals surface area contributed by atoms with E-state index in [9.17, 15) is 12.8 Å². The molecule has 0 bridgehead atoms. The van der Waals surface area contributed by atoms with Crippen LogP contribution in [0.4, 0.5) is 4.39 Å². The van der Waals surface area contributed by atoms with Crippen LogP contribution in [-0.2, 0) is 16.6 Å². The van der Waals surface area contributed by atoms with E-state index < -0.39 is 15.3 Å². The summed E-state index contributed by atoms with van der Waals surface area (Å²) in [5.74, 6) is -0.358. The van der Waals surface area contributed by atoms with Gasteiger partial charge in [-0.15, -0.1) is 0 Å². The van der Waals surface area contributed by atoms with E-state index in [1.165, 1.54) is 23.5 Å². The highest BCUT2D eigenvalue weighted by Gasteiger charge is 2.25. The molecule has 0 aliphatic carbocycles. The lowest BCUT2D eigenvalue weighted by Gasteiger charge is -2.23. The molecule has 1 rings (SSSR count). The number of rotatable bonds is 7. The smallest absolute Gasteiger partial charge is 0.218 e. The van der Waals surface area contributed by atoms with Crippen molar-refractivity contribution in [3.05, 3.63) is 35.6 Å². The molecule has 0 fully saturated rings. The van der Waals surface area contributed by atoms with Gasteiger partial charge >= 0.3 is 0 Å². The van der Waals surface area contributed by atoms with Gasteiger partial charge in [0.1, 0.15) is 5.82 Å². The summed E-state index contributed by atoms with van der Waals surface area (Å²) in [4.78, 5) is 0. The molecule has 0 aromatic heterocycles. The highest BCUT2D eigenvalue weighted by Crippen LogP contribution is 2.12. The second-order valence-corrected chi connectivity index (χ2v) is 7.76. The highest BCUT2D eigenvalue weighted by atomic mass is 32.2. The maximum Gasteiger partial charge on any atom is 0.218 e. The molecule has 0 saturated carbocycles. The van der Waals surface area contributed by atoms with Crippen LogP contribution in [0.1, 0.15) is 26.3 Å². The third kappa shape index (κ3) is 4.85. The summed E-state index contributed by atoms with van der Waals surface area (Å²) >= 11 is 0. The summed E-state index contributed by atoms with van der Waals surface area (Å²) in [6.07, 6.45) is 0. The second-order valence-electron chi connectivity index (χ2n) is 5.30. The Labute approximate surface area is 121 Å². The molecule has 20 heavy (non-hydrogen) atoms. The van der Waals surface area contributed by atoms with Crippen LogP contribution in [0.25, 0.3) is 0 Å². The normalized spacial score (nSPS) is 13.9. The minimum atomic E-state index is -3.40. The topological polar surface area (TPSA) is 49.4 Å². The number of nitrogens with one attached hydrogen (secondary N) is 1. The standard InChI is InChI=1S/C14H23FN2O2S/c1-11(2)16-9-12(3)20(18,19)17(4)10-13-6-5-7-14(15)8-13/h5-8,11-12,16H,9-10H2,1-4H3. The van der Waals surface area contributed by atoms with Gasteiger partial charge in [0, 0.05) is 26.2 Å². The van der Waals surface area contributed by atoms with Gasteiger partial charge in [-0.05, 0) is 24.6 Å². The van der Waals surface area contributed by atoms with E-state index in [1.807, 2.05) is 13.8 Å². The van der Waals surface area contributed by atoms with Crippen molar-refractivity contribution in [2.24, 2.45) is 0 Å². The van der Waals surface area contributed by atoms with Crippen molar-refractivity contribution >= 4 is 10.0 Å². The van der Waals surface area contributed by atoms with Crippen molar-refractivity contribution in [2.45, 2.75) is 38.6 Å². The zero-order valence-corrected chi connectivity index (χ0v) is 13.2. The van der Waals surface area contributed by atoms with Gasteiger partial charge in [-0.3, -0.25) is 0 Å². The molecule has 1 aromatic carbocycles. The quantitative estimate of drug-likeness (QED) is 0.838. The van der Waals surface area contributed by atoms with Crippen LogP contribution < -0.4 is 5.32 Å². The molecule has 1 unspecified atom stereocenters. The fourth-order valence-corrected chi connectivity index (χ4v) is 3.05. The minimum absolute atomic E-state index is 0.173. The van der Waals surface area contributed by atoms with E-state index in [0.717, 1.165) is 0 Å². The molecule has 4 nitrogen and oxygen atoms in total. The van der Waals surface area contributed by atoms with E-state index in [4.69, 9.17) is 0 Å². The Kier molecular flexibility index (Phi) is 6.10. The number of benzene rings is 1. The summed E-state index contributed by atoms with van der Waals surface area (Å²) in [5, 5.41) is 2.59. The van der Waals surface area contributed by atoms with E-state index in [-0.39, 0.29) is 18.4 Å². The van der Waals surface area contributed by atoms with Crippen molar-refractivity contribution in [3.8, 4) is 0 Å². The monoisotopic (exact) mass is 302 g/mol. The van der Waals surface area contributed by atoms with Crippen molar-refractivity contribution in [1.82, 2.24) is 9.62 Å². The Hall–Kier alpha value is -0.980. The van der Waals surface area contributed by atoms with Crippen molar-refractivity contribution in [1.29, 1.82) is 0 Å². The highest BCUT2D eigenvalue weighted by molar-refractivity contribution is 7.89. The summed E-state index contributed by atoms with van der Waals surface area (Å²) in [6.45, 7) is 6.18. The molecule has 0 amide bonds. The maximum atomic E-state index is 13.1. The van der Waals surface area contributed by atoms with E-state index in [0.29, 0.717) is 12.1 Å². The first-order valence-electron chi connectivity index (χ1n) is 6.66. The van der Waals surface area contributed by atoms with Crippen LogP contribution in [0.15, 0.2) is 24.3 Å². The summed E-state index contributed by atoms with van der Waals surface area (Å²) in [6, 6.07) is 6.22. The molecule has 6 heteroatoms. The Morgan fingerprint density at radius 3 is 2.50 bits per heavy atom. The predicted molar refractivity (Wildman–Crippen MR) is 79.4 cm³/mol. The average molecular weight is 302 g/mol. The summed E-state index contributed by atoms with van der Waals surface area (Å²) in [7, 11) is -1.88.